The van der Waals surface area contributed by atoms with Crippen molar-refractivity contribution >= 4 is 23.2 Å². The largest absolute Gasteiger partial charge is 0.484 e. The molecule has 0 atom stereocenters. The van der Waals surface area contributed by atoms with Gasteiger partial charge in [-0.2, -0.15) is 26.3 Å². The lowest BCUT2D eigenvalue weighted by Crippen LogP contribution is -2.21. The van der Waals surface area contributed by atoms with Crippen LogP contribution in [0.1, 0.15) is 11.1 Å². The number of carbonyl (C=O) groups excluding carboxylic acids is 1. The van der Waals surface area contributed by atoms with Gasteiger partial charge in [-0.3, -0.25) is 4.79 Å². The zero-order valence-corrected chi connectivity index (χ0v) is 13.5. The van der Waals surface area contributed by atoms with Gasteiger partial charge < -0.3 is 10.1 Å². The molecule has 0 aliphatic rings. The van der Waals surface area contributed by atoms with E-state index in [1.165, 1.54) is 6.07 Å². The third kappa shape index (κ3) is 5.29. The van der Waals surface area contributed by atoms with E-state index in [1.54, 1.807) is 0 Å². The van der Waals surface area contributed by atoms with E-state index in [-0.39, 0.29) is 16.5 Å². The minimum Gasteiger partial charge on any atom is -0.484 e. The Morgan fingerprint density at radius 2 is 1.58 bits per heavy atom. The summed E-state index contributed by atoms with van der Waals surface area (Å²) in [6.45, 7) is -0.714. The maximum absolute atomic E-state index is 12.7. The molecule has 1 N–H and O–H groups in total. The number of alkyl halides is 6. The lowest BCUT2D eigenvalue weighted by molar-refractivity contribution is -0.138. The summed E-state index contributed by atoms with van der Waals surface area (Å²) in [5, 5.41) is 1.99. The van der Waals surface area contributed by atoms with Crippen molar-refractivity contribution in [2.75, 3.05) is 11.9 Å². The van der Waals surface area contributed by atoms with E-state index < -0.39 is 36.0 Å². The van der Waals surface area contributed by atoms with Crippen LogP contribution in [0.3, 0.4) is 0 Å². The summed E-state index contributed by atoms with van der Waals surface area (Å²) in [5.74, 6) is -1.10. The number of ether oxygens (including phenoxy) is 1. The molecule has 0 saturated carbocycles. The molecule has 2 aromatic rings. The summed E-state index contributed by atoms with van der Waals surface area (Å²) in [6, 6.07) is 6.19. The van der Waals surface area contributed by atoms with Gasteiger partial charge in [-0.25, -0.2) is 0 Å². The van der Waals surface area contributed by atoms with Gasteiger partial charge in [0.2, 0.25) is 0 Å². The van der Waals surface area contributed by atoms with Crippen molar-refractivity contribution in [3.8, 4) is 5.75 Å². The Hall–Kier alpha value is -2.42. The highest BCUT2D eigenvalue weighted by atomic mass is 35.5. The van der Waals surface area contributed by atoms with E-state index in [9.17, 15) is 31.1 Å². The van der Waals surface area contributed by atoms with Gasteiger partial charge in [0.1, 0.15) is 5.75 Å². The predicted molar refractivity (Wildman–Crippen MR) is 82.0 cm³/mol. The summed E-state index contributed by atoms with van der Waals surface area (Å²) in [7, 11) is 0. The second-order valence-corrected chi connectivity index (χ2v) is 5.46. The molecule has 3 nitrogen and oxygen atoms in total. The number of anilines is 1. The third-order valence-corrected chi connectivity index (χ3v) is 3.43. The molecule has 1 amide bonds. The molecule has 0 radical (unpaired) electrons. The first-order chi connectivity index (χ1) is 12.0. The average Bonchev–Trinajstić information content (AvgIpc) is 2.53. The number of nitrogens with one attached hydrogen (secondary N) is 1. The van der Waals surface area contributed by atoms with Crippen molar-refractivity contribution < 1.29 is 35.9 Å². The Labute approximate surface area is 148 Å². The van der Waals surface area contributed by atoms with Crippen LogP contribution in [-0.4, -0.2) is 12.5 Å². The Bertz CT molecular complexity index is 804. The zero-order chi connectivity index (χ0) is 19.5. The smallest absolute Gasteiger partial charge is 0.416 e. The van der Waals surface area contributed by atoms with Gasteiger partial charge in [0.15, 0.2) is 6.61 Å². The molecule has 0 spiro atoms. The summed E-state index contributed by atoms with van der Waals surface area (Å²) >= 11 is 5.73. The van der Waals surface area contributed by atoms with Crippen LogP contribution in [0.2, 0.25) is 5.02 Å². The number of rotatable bonds is 4. The summed E-state index contributed by atoms with van der Waals surface area (Å²) in [4.78, 5) is 11.8. The number of halogens is 7. The van der Waals surface area contributed by atoms with Gasteiger partial charge in [0, 0.05) is 0 Å². The van der Waals surface area contributed by atoms with Crippen molar-refractivity contribution in [1.29, 1.82) is 0 Å². The second-order valence-electron chi connectivity index (χ2n) is 5.05. The Balaban J connectivity index is 2.04. The van der Waals surface area contributed by atoms with Gasteiger partial charge in [-0.1, -0.05) is 17.7 Å². The fourth-order valence-electron chi connectivity index (χ4n) is 1.89. The summed E-state index contributed by atoms with van der Waals surface area (Å²) < 4.78 is 80.7. The molecule has 2 rings (SSSR count). The van der Waals surface area contributed by atoms with E-state index in [0.717, 1.165) is 24.3 Å². The molecular formula is C16H10ClF6NO2. The molecule has 26 heavy (non-hydrogen) atoms. The summed E-state index contributed by atoms with van der Waals surface area (Å²) in [5.41, 5.74) is -2.27. The molecule has 0 fully saturated rings. The normalized spacial score (nSPS) is 12.0. The van der Waals surface area contributed by atoms with Crippen molar-refractivity contribution in [2.24, 2.45) is 0 Å². The second kappa shape index (κ2) is 7.45. The first-order valence-corrected chi connectivity index (χ1v) is 7.31. The monoisotopic (exact) mass is 397 g/mol. The van der Waals surface area contributed by atoms with Crippen molar-refractivity contribution in [1.82, 2.24) is 0 Å². The Morgan fingerprint density at radius 1 is 0.962 bits per heavy atom. The standard InChI is InChI=1S/C16H10ClF6NO2/c17-12-5-4-10(16(21,22)23)7-13(12)24-14(25)8-26-11-3-1-2-9(6-11)15(18,19)20/h1-7H,8H2,(H,24,25). The molecule has 0 aliphatic carbocycles. The van der Waals surface area contributed by atoms with E-state index in [2.05, 4.69) is 5.32 Å². The number of carbonyl (C=O) groups is 1. The lowest BCUT2D eigenvalue weighted by atomic mass is 10.2. The highest BCUT2D eigenvalue weighted by Crippen LogP contribution is 2.34. The van der Waals surface area contributed by atoms with Crippen LogP contribution in [0, 0.1) is 0 Å². The van der Waals surface area contributed by atoms with E-state index >= 15 is 0 Å². The molecule has 2 aromatic carbocycles. The van der Waals surface area contributed by atoms with Crippen molar-refractivity contribution in [2.45, 2.75) is 12.4 Å². The molecule has 0 saturated heterocycles. The van der Waals surface area contributed by atoms with Gasteiger partial charge in [0.05, 0.1) is 21.8 Å². The quantitative estimate of drug-likeness (QED) is 0.702. The fourth-order valence-corrected chi connectivity index (χ4v) is 2.06. The number of hydrogen-bond donors (Lipinski definition) is 1. The maximum Gasteiger partial charge on any atom is 0.416 e. The molecule has 0 aliphatic heterocycles. The third-order valence-electron chi connectivity index (χ3n) is 3.10. The molecule has 140 valence electrons. The van der Waals surface area contributed by atoms with Crippen LogP contribution in [0.25, 0.3) is 0 Å². The van der Waals surface area contributed by atoms with Crippen LogP contribution in [0.4, 0.5) is 32.0 Å². The highest BCUT2D eigenvalue weighted by molar-refractivity contribution is 6.33. The molecule has 10 heteroatoms. The van der Waals surface area contributed by atoms with E-state index in [4.69, 9.17) is 16.3 Å². The molecule has 0 unspecified atom stereocenters. The topological polar surface area (TPSA) is 38.3 Å². The van der Waals surface area contributed by atoms with Crippen LogP contribution in [0.5, 0.6) is 5.75 Å². The maximum atomic E-state index is 12.7. The average molecular weight is 398 g/mol. The van der Waals surface area contributed by atoms with Crippen molar-refractivity contribution in [3.63, 3.8) is 0 Å². The molecule has 0 aromatic heterocycles. The molecule has 0 bridgehead atoms. The molecular weight excluding hydrogens is 388 g/mol. The van der Waals surface area contributed by atoms with Gasteiger partial charge in [-0.05, 0) is 36.4 Å². The Morgan fingerprint density at radius 3 is 2.19 bits per heavy atom. The minimum absolute atomic E-state index is 0.134. The first-order valence-electron chi connectivity index (χ1n) is 6.93. The predicted octanol–water partition coefficient (Wildman–Crippen LogP) is 5.40. The minimum atomic E-state index is -4.63. The fraction of sp³-hybridized carbons (Fsp3) is 0.188. The van der Waals surface area contributed by atoms with Gasteiger partial charge in [0.25, 0.3) is 5.91 Å². The zero-order valence-electron chi connectivity index (χ0n) is 12.7. The first kappa shape index (κ1) is 19.9. The van der Waals surface area contributed by atoms with Crippen LogP contribution in [-0.2, 0) is 17.1 Å². The van der Waals surface area contributed by atoms with Crippen molar-refractivity contribution in [3.05, 3.63) is 58.6 Å². The highest BCUT2D eigenvalue weighted by Gasteiger charge is 2.31. The molecule has 0 heterocycles. The van der Waals surface area contributed by atoms with Crippen LogP contribution < -0.4 is 10.1 Å². The summed E-state index contributed by atoms with van der Waals surface area (Å²) in [6.07, 6.45) is -9.20. The van der Waals surface area contributed by atoms with Crippen LogP contribution >= 0.6 is 11.6 Å². The van der Waals surface area contributed by atoms with Gasteiger partial charge >= 0.3 is 12.4 Å². The van der Waals surface area contributed by atoms with Gasteiger partial charge in [-0.15, -0.1) is 0 Å². The van der Waals surface area contributed by atoms with Crippen LogP contribution in [0.15, 0.2) is 42.5 Å². The Kier molecular flexibility index (Phi) is 5.70. The number of amides is 1. The lowest BCUT2D eigenvalue weighted by Gasteiger charge is -2.13. The van der Waals surface area contributed by atoms with E-state index in [0.29, 0.717) is 12.1 Å². The number of hydrogen-bond acceptors (Lipinski definition) is 2. The van der Waals surface area contributed by atoms with E-state index in [1.807, 2.05) is 0 Å². The number of benzene rings is 2. The SMILES string of the molecule is O=C(COc1cccc(C(F)(F)F)c1)Nc1cc(C(F)(F)F)ccc1Cl.